The van der Waals surface area contributed by atoms with E-state index in [0.717, 1.165) is 0 Å². The van der Waals surface area contributed by atoms with Crippen molar-refractivity contribution in [3.05, 3.63) is 54.1 Å². The summed E-state index contributed by atoms with van der Waals surface area (Å²) in [6, 6.07) is 12.2. The van der Waals surface area contributed by atoms with E-state index in [9.17, 15) is 22.0 Å². The molecule has 2 aromatic carbocycles. The van der Waals surface area contributed by atoms with Crippen molar-refractivity contribution in [3.8, 4) is 0 Å². The zero-order valence-corrected chi connectivity index (χ0v) is 17.0. The molecule has 0 radical (unpaired) electrons. The number of ketones is 1. The number of hydrogen-bond donors (Lipinski definition) is 1. The summed E-state index contributed by atoms with van der Waals surface area (Å²) in [7, 11) is -3.60. The third kappa shape index (κ3) is 5.75. The average molecular weight is 443 g/mol. The van der Waals surface area contributed by atoms with Gasteiger partial charge in [-0.3, -0.25) is 4.79 Å². The number of carbonyl (C=O) groups excluding carboxylic acids is 1. The van der Waals surface area contributed by atoms with Crippen LogP contribution in [0, 0.1) is 0 Å². The van der Waals surface area contributed by atoms with E-state index in [0.29, 0.717) is 54.2 Å². The molecule has 0 aromatic heterocycles. The van der Waals surface area contributed by atoms with Crippen LogP contribution in [0.2, 0.25) is 0 Å². The number of anilines is 1. The van der Waals surface area contributed by atoms with Gasteiger partial charge in [0, 0.05) is 29.2 Å². The smallest absolute Gasteiger partial charge is 0.288 e. The molecule has 1 fully saturated rings. The van der Waals surface area contributed by atoms with E-state index >= 15 is 0 Å². The number of Topliss-reactive ketones (excluding diaryl/α,β-unsaturated/α-hetero) is 1. The van der Waals surface area contributed by atoms with Crippen LogP contribution in [0.15, 0.2) is 58.3 Å². The second-order valence-electron chi connectivity index (χ2n) is 6.22. The van der Waals surface area contributed by atoms with Crippen molar-refractivity contribution in [2.75, 3.05) is 38.2 Å². The summed E-state index contributed by atoms with van der Waals surface area (Å²) in [6.45, 7) is 1.34. The Morgan fingerprint density at radius 3 is 2.28 bits per heavy atom. The number of morpholine rings is 1. The predicted molar refractivity (Wildman–Crippen MR) is 107 cm³/mol. The van der Waals surface area contributed by atoms with Crippen molar-refractivity contribution in [1.29, 1.82) is 0 Å². The summed E-state index contributed by atoms with van der Waals surface area (Å²) in [5.74, 6) is -2.70. The number of nitrogens with zero attached hydrogens (tertiary/aromatic N) is 1. The minimum absolute atomic E-state index is 0.00308. The second kappa shape index (κ2) is 9.66. The Morgan fingerprint density at radius 2 is 1.69 bits per heavy atom. The van der Waals surface area contributed by atoms with Gasteiger partial charge in [0.15, 0.2) is 5.78 Å². The molecule has 1 aliphatic rings. The monoisotopic (exact) mass is 442 g/mol. The van der Waals surface area contributed by atoms with Crippen molar-refractivity contribution in [2.45, 2.75) is 15.5 Å². The molecule has 156 valence electrons. The van der Waals surface area contributed by atoms with Crippen molar-refractivity contribution in [3.63, 3.8) is 0 Å². The molecule has 1 N–H and O–H groups in total. The van der Waals surface area contributed by atoms with E-state index in [1.54, 1.807) is 24.3 Å². The number of rotatable bonds is 8. The fraction of sp³-hybridized carbons (Fsp3) is 0.316. The van der Waals surface area contributed by atoms with Crippen LogP contribution in [0.5, 0.6) is 0 Å². The van der Waals surface area contributed by atoms with Crippen molar-refractivity contribution in [1.82, 2.24) is 4.31 Å². The SMILES string of the molecule is O=C(CNc1ccc(SC(F)F)cc1)c1ccc(S(=O)(=O)N2CCOCC2)cc1. The maximum absolute atomic E-state index is 12.6. The Balaban J connectivity index is 1.59. The Morgan fingerprint density at radius 1 is 1.07 bits per heavy atom. The molecule has 0 bridgehead atoms. The second-order valence-corrected chi connectivity index (χ2v) is 9.22. The largest absolute Gasteiger partial charge is 0.379 e. The fourth-order valence-corrected chi connectivity index (χ4v) is 4.69. The molecule has 0 aliphatic carbocycles. The minimum Gasteiger partial charge on any atom is -0.379 e. The highest BCUT2D eigenvalue weighted by Gasteiger charge is 2.26. The molecule has 6 nitrogen and oxygen atoms in total. The highest BCUT2D eigenvalue weighted by atomic mass is 32.2. The van der Waals surface area contributed by atoms with E-state index in [-0.39, 0.29) is 17.2 Å². The molecule has 0 unspecified atom stereocenters. The van der Waals surface area contributed by atoms with Gasteiger partial charge < -0.3 is 10.1 Å². The van der Waals surface area contributed by atoms with Gasteiger partial charge in [-0.05, 0) is 48.5 Å². The standard InChI is InChI=1S/C19H20F2N2O4S2/c20-19(21)28-16-5-3-15(4-6-16)22-13-18(24)14-1-7-17(8-2-14)29(25,26)23-9-11-27-12-10-23/h1-8,19,22H,9-13H2. The molecule has 0 atom stereocenters. The summed E-state index contributed by atoms with van der Waals surface area (Å²) < 4.78 is 56.4. The lowest BCUT2D eigenvalue weighted by Crippen LogP contribution is -2.40. The van der Waals surface area contributed by atoms with E-state index in [2.05, 4.69) is 5.32 Å². The molecule has 10 heteroatoms. The number of ether oxygens (including phenoxy) is 1. The number of thioether (sulfide) groups is 1. The normalized spacial score (nSPS) is 15.4. The molecule has 0 saturated carbocycles. The first kappa shape index (κ1) is 21.7. The van der Waals surface area contributed by atoms with Gasteiger partial charge in [0.2, 0.25) is 10.0 Å². The zero-order chi connectivity index (χ0) is 20.9. The highest BCUT2D eigenvalue weighted by Crippen LogP contribution is 2.26. The number of halogens is 2. The van der Waals surface area contributed by atoms with Crippen LogP contribution < -0.4 is 5.32 Å². The molecule has 0 amide bonds. The summed E-state index contributed by atoms with van der Waals surface area (Å²) in [5, 5.41) is 2.93. The Bertz CT molecular complexity index is 930. The maximum Gasteiger partial charge on any atom is 0.288 e. The van der Waals surface area contributed by atoms with Gasteiger partial charge in [-0.25, -0.2) is 8.42 Å². The van der Waals surface area contributed by atoms with Crippen molar-refractivity contribution >= 4 is 33.3 Å². The first-order chi connectivity index (χ1) is 13.9. The summed E-state index contributed by atoms with van der Waals surface area (Å²) >= 11 is 0.454. The molecular formula is C19H20F2N2O4S2. The van der Waals surface area contributed by atoms with Gasteiger partial charge >= 0.3 is 0 Å². The Hall–Kier alpha value is -2.01. The molecular weight excluding hydrogens is 422 g/mol. The van der Waals surface area contributed by atoms with E-state index in [1.807, 2.05) is 0 Å². The third-order valence-corrected chi connectivity index (χ3v) is 6.95. The number of hydrogen-bond acceptors (Lipinski definition) is 6. The van der Waals surface area contributed by atoms with E-state index in [4.69, 9.17) is 4.74 Å². The number of alkyl halides is 2. The molecule has 1 saturated heterocycles. The van der Waals surface area contributed by atoms with Gasteiger partial charge in [0.05, 0.1) is 24.7 Å². The van der Waals surface area contributed by atoms with Crippen LogP contribution in [0.1, 0.15) is 10.4 Å². The first-order valence-corrected chi connectivity index (χ1v) is 11.2. The summed E-state index contributed by atoms with van der Waals surface area (Å²) in [5.41, 5.74) is 1.01. The lowest BCUT2D eigenvalue weighted by molar-refractivity contribution is 0.0730. The maximum atomic E-state index is 12.6. The molecule has 2 aromatic rings. The van der Waals surface area contributed by atoms with Gasteiger partial charge in [-0.15, -0.1) is 0 Å². The molecule has 1 aliphatic heterocycles. The third-order valence-electron chi connectivity index (χ3n) is 4.32. The molecule has 1 heterocycles. The number of benzene rings is 2. The fourth-order valence-electron chi connectivity index (χ4n) is 2.79. The van der Waals surface area contributed by atoms with Gasteiger partial charge in [0.25, 0.3) is 5.76 Å². The van der Waals surface area contributed by atoms with Gasteiger partial charge in [-0.2, -0.15) is 13.1 Å². The number of carbonyl (C=O) groups is 1. The van der Waals surface area contributed by atoms with Crippen LogP contribution in [0.3, 0.4) is 0 Å². The molecule has 3 rings (SSSR count). The van der Waals surface area contributed by atoms with Crippen LogP contribution in [0.4, 0.5) is 14.5 Å². The van der Waals surface area contributed by atoms with Gasteiger partial charge in [0.1, 0.15) is 0 Å². The summed E-state index contributed by atoms with van der Waals surface area (Å²) in [4.78, 5) is 12.9. The van der Waals surface area contributed by atoms with E-state index in [1.165, 1.54) is 28.6 Å². The van der Waals surface area contributed by atoms with E-state index < -0.39 is 15.8 Å². The van der Waals surface area contributed by atoms with Gasteiger partial charge in [-0.1, -0.05) is 11.8 Å². The average Bonchev–Trinajstić information content (AvgIpc) is 2.73. The first-order valence-electron chi connectivity index (χ1n) is 8.86. The minimum atomic E-state index is -3.60. The number of nitrogens with one attached hydrogen (secondary N) is 1. The zero-order valence-electron chi connectivity index (χ0n) is 15.4. The Kier molecular flexibility index (Phi) is 7.23. The highest BCUT2D eigenvalue weighted by molar-refractivity contribution is 7.99. The lowest BCUT2D eigenvalue weighted by atomic mass is 10.1. The molecule has 29 heavy (non-hydrogen) atoms. The van der Waals surface area contributed by atoms with Crippen molar-refractivity contribution < 1.29 is 26.7 Å². The molecule has 0 spiro atoms. The van der Waals surface area contributed by atoms with Crippen LogP contribution >= 0.6 is 11.8 Å². The quantitative estimate of drug-likeness (QED) is 0.499. The Labute approximate surface area is 172 Å². The van der Waals surface area contributed by atoms with Crippen molar-refractivity contribution in [2.24, 2.45) is 0 Å². The van der Waals surface area contributed by atoms with Crippen LogP contribution in [-0.2, 0) is 14.8 Å². The summed E-state index contributed by atoms with van der Waals surface area (Å²) in [6.07, 6.45) is 0. The predicted octanol–water partition coefficient (Wildman–Crippen LogP) is 3.32. The van der Waals surface area contributed by atoms with Crippen LogP contribution in [-0.4, -0.2) is 57.1 Å². The lowest BCUT2D eigenvalue weighted by Gasteiger charge is -2.26. The topological polar surface area (TPSA) is 75.7 Å². The number of sulfonamides is 1. The van der Waals surface area contributed by atoms with Crippen LogP contribution in [0.25, 0.3) is 0 Å².